The van der Waals surface area contributed by atoms with Gasteiger partial charge in [0.05, 0.1) is 4.90 Å². The molecular formula is C20H26N2O4S. The van der Waals surface area contributed by atoms with Crippen molar-refractivity contribution in [2.45, 2.75) is 43.9 Å². The average Bonchev–Trinajstić information content (AvgIpc) is 2.61. The highest BCUT2D eigenvalue weighted by molar-refractivity contribution is 7.90. The summed E-state index contributed by atoms with van der Waals surface area (Å²) in [6, 6.07) is 7.82. The minimum atomic E-state index is -4.04. The van der Waals surface area contributed by atoms with Gasteiger partial charge in [-0.2, -0.15) is 0 Å². The zero-order chi connectivity index (χ0) is 19.4. The molecule has 1 atom stereocenters. The number of hydrogen-bond acceptors (Lipinski definition) is 5. The third kappa shape index (κ3) is 4.42. The van der Waals surface area contributed by atoms with Crippen LogP contribution in [-0.2, 0) is 16.4 Å². The Morgan fingerprint density at radius 2 is 1.85 bits per heavy atom. The smallest absolute Gasteiger partial charge is 0.306 e. The van der Waals surface area contributed by atoms with Gasteiger partial charge in [-0.05, 0) is 63.4 Å². The van der Waals surface area contributed by atoms with Crippen LogP contribution in [0.2, 0.25) is 0 Å². The number of benzene rings is 1. The van der Waals surface area contributed by atoms with Gasteiger partial charge in [-0.25, -0.2) is 12.4 Å². The van der Waals surface area contributed by atoms with Crippen LogP contribution in [0.4, 0.5) is 0 Å². The summed E-state index contributed by atoms with van der Waals surface area (Å²) in [6.07, 6.45) is 6.09. The molecule has 1 aromatic heterocycles. The van der Waals surface area contributed by atoms with Crippen LogP contribution in [0.25, 0.3) is 0 Å². The topological polar surface area (TPSA) is 88.4 Å². The zero-order valence-electron chi connectivity index (χ0n) is 15.5. The zero-order valence-corrected chi connectivity index (χ0v) is 16.3. The monoisotopic (exact) mass is 390 g/mol. The minimum Gasteiger partial charge on any atom is -0.503 e. The van der Waals surface area contributed by atoms with Gasteiger partial charge < -0.3 is 10.4 Å². The van der Waals surface area contributed by atoms with Gasteiger partial charge in [-0.1, -0.05) is 30.5 Å². The predicted octanol–water partition coefficient (Wildman–Crippen LogP) is 2.42. The van der Waals surface area contributed by atoms with Crippen molar-refractivity contribution in [1.82, 2.24) is 9.29 Å². The second-order valence-corrected chi connectivity index (χ2v) is 9.03. The van der Waals surface area contributed by atoms with Crippen LogP contribution in [0.15, 0.2) is 46.2 Å². The Bertz CT molecular complexity index is 941. The Balaban J connectivity index is 1.88. The van der Waals surface area contributed by atoms with Crippen LogP contribution < -0.4 is 10.9 Å². The van der Waals surface area contributed by atoms with E-state index in [4.69, 9.17) is 0 Å². The van der Waals surface area contributed by atoms with E-state index in [0.717, 1.165) is 44.3 Å². The molecule has 0 saturated carbocycles. The first kappa shape index (κ1) is 19.6. The van der Waals surface area contributed by atoms with E-state index in [9.17, 15) is 18.3 Å². The highest BCUT2D eigenvalue weighted by Crippen LogP contribution is 2.24. The molecule has 1 aliphatic rings. The Kier molecular flexibility index (Phi) is 6.01. The molecule has 2 N–H and O–H groups in total. The SMILES string of the molecule is Cc1ccc(S(=O)(=O)n2ccc(CC3CCCCNCC3)c(O)c2=O)cc1. The molecule has 0 amide bonds. The van der Waals surface area contributed by atoms with E-state index in [1.165, 1.54) is 18.3 Å². The van der Waals surface area contributed by atoms with Crippen LogP contribution in [0.3, 0.4) is 0 Å². The van der Waals surface area contributed by atoms with E-state index < -0.39 is 21.3 Å². The number of pyridine rings is 1. The maximum Gasteiger partial charge on any atom is 0.306 e. The van der Waals surface area contributed by atoms with Gasteiger partial charge in [0.1, 0.15) is 0 Å². The van der Waals surface area contributed by atoms with E-state index in [1.54, 1.807) is 18.2 Å². The van der Waals surface area contributed by atoms with Crippen LogP contribution in [0.1, 0.15) is 36.8 Å². The van der Waals surface area contributed by atoms with E-state index in [1.807, 2.05) is 6.92 Å². The molecule has 6 nitrogen and oxygen atoms in total. The number of nitrogens with one attached hydrogen (secondary N) is 1. The molecule has 0 aliphatic carbocycles. The van der Waals surface area contributed by atoms with Crippen LogP contribution in [0, 0.1) is 12.8 Å². The maximum atomic E-state index is 12.7. The number of nitrogens with zero attached hydrogens (tertiary/aromatic N) is 1. The first-order valence-electron chi connectivity index (χ1n) is 9.36. The van der Waals surface area contributed by atoms with Crippen molar-refractivity contribution in [3.63, 3.8) is 0 Å². The fourth-order valence-corrected chi connectivity index (χ4v) is 4.73. The number of aryl methyl sites for hydroxylation is 1. The summed E-state index contributed by atoms with van der Waals surface area (Å²) in [7, 11) is -4.04. The molecule has 1 fully saturated rings. The van der Waals surface area contributed by atoms with Crippen molar-refractivity contribution >= 4 is 10.0 Å². The summed E-state index contributed by atoms with van der Waals surface area (Å²) < 4.78 is 26.1. The molecule has 7 heteroatoms. The van der Waals surface area contributed by atoms with Crippen LogP contribution >= 0.6 is 0 Å². The molecule has 3 rings (SSSR count). The third-order valence-electron chi connectivity index (χ3n) is 5.15. The molecule has 27 heavy (non-hydrogen) atoms. The van der Waals surface area contributed by atoms with E-state index in [2.05, 4.69) is 5.32 Å². The normalized spacial score (nSPS) is 18.6. The van der Waals surface area contributed by atoms with Gasteiger partial charge in [0, 0.05) is 11.8 Å². The quantitative estimate of drug-likeness (QED) is 0.837. The Hall–Kier alpha value is -2.12. The summed E-state index contributed by atoms with van der Waals surface area (Å²) in [5.74, 6) is -0.101. The number of rotatable bonds is 4. The van der Waals surface area contributed by atoms with Gasteiger partial charge in [0.2, 0.25) is 0 Å². The second-order valence-electron chi connectivity index (χ2n) is 7.21. The highest BCUT2D eigenvalue weighted by atomic mass is 32.2. The second kappa shape index (κ2) is 8.27. The fraction of sp³-hybridized carbons (Fsp3) is 0.450. The van der Waals surface area contributed by atoms with E-state index >= 15 is 0 Å². The predicted molar refractivity (Wildman–Crippen MR) is 105 cm³/mol. The Morgan fingerprint density at radius 3 is 2.59 bits per heavy atom. The van der Waals surface area contributed by atoms with Gasteiger partial charge in [-0.3, -0.25) is 4.79 Å². The largest absolute Gasteiger partial charge is 0.503 e. The first-order chi connectivity index (χ1) is 12.9. The third-order valence-corrected chi connectivity index (χ3v) is 6.82. The maximum absolute atomic E-state index is 12.7. The summed E-state index contributed by atoms with van der Waals surface area (Å²) >= 11 is 0. The summed E-state index contributed by atoms with van der Waals surface area (Å²) in [5, 5.41) is 13.7. The van der Waals surface area contributed by atoms with Crippen molar-refractivity contribution in [1.29, 1.82) is 0 Å². The van der Waals surface area contributed by atoms with Crippen molar-refractivity contribution in [2.75, 3.05) is 13.1 Å². The van der Waals surface area contributed by atoms with Crippen molar-refractivity contribution < 1.29 is 13.5 Å². The number of aromatic nitrogens is 1. The van der Waals surface area contributed by atoms with Crippen LogP contribution in [-0.4, -0.2) is 30.6 Å². The summed E-state index contributed by atoms with van der Waals surface area (Å²) in [5.41, 5.74) is 0.547. The van der Waals surface area contributed by atoms with E-state index in [-0.39, 0.29) is 4.90 Å². The summed E-state index contributed by atoms with van der Waals surface area (Å²) in [4.78, 5) is 12.6. The molecule has 0 radical (unpaired) electrons. The molecule has 146 valence electrons. The van der Waals surface area contributed by atoms with Gasteiger partial charge in [0.25, 0.3) is 10.0 Å². The molecule has 1 aliphatic heterocycles. The van der Waals surface area contributed by atoms with Gasteiger partial charge >= 0.3 is 5.56 Å². The lowest BCUT2D eigenvalue weighted by Gasteiger charge is -2.21. The van der Waals surface area contributed by atoms with Gasteiger partial charge in [-0.15, -0.1) is 0 Å². The van der Waals surface area contributed by atoms with Crippen LogP contribution in [0.5, 0.6) is 5.75 Å². The minimum absolute atomic E-state index is 0.0217. The molecule has 1 aromatic carbocycles. The lowest BCUT2D eigenvalue weighted by atomic mass is 9.90. The van der Waals surface area contributed by atoms with Crippen molar-refractivity contribution in [3.8, 4) is 5.75 Å². The lowest BCUT2D eigenvalue weighted by Crippen LogP contribution is -2.28. The lowest BCUT2D eigenvalue weighted by molar-refractivity contribution is 0.378. The molecule has 2 heterocycles. The van der Waals surface area contributed by atoms with Crippen molar-refractivity contribution in [2.24, 2.45) is 5.92 Å². The Labute approximate surface area is 159 Å². The van der Waals surface area contributed by atoms with E-state index in [0.29, 0.717) is 21.9 Å². The molecule has 0 bridgehead atoms. The van der Waals surface area contributed by atoms with Crippen molar-refractivity contribution in [3.05, 3.63) is 58.0 Å². The molecule has 1 saturated heterocycles. The Morgan fingerprint density at radius 1 is 1.11 bits per heavy atom. The standard InChI is InChI=1S/C20H26N2O4S/c1-15-5-7-18(8-6-15)27(25,26)22-13-10-17(19(23)20(22)24)14-16-4-2-3-11-21-12-9-16/h5-8,10,13,16,21,23H,2-4,9,11-12,14H2,1H3. The molecular weight excluding hydrogens is 364 g/mol. The first-order valence-corrected chi connectivity index (χ1v) is 10.8. The highest BCUT2D eigenvalue weighted by Gasteiger charge is 2.22. The number of hydrogen-bond donors (Lipinski definition) is 2. The molecule has 1 unspecified atom stereocenters. The molecule has 0 spiro atoms. The average molecular weight is 391 g/mol. The number of aromatic hydroxyl groups is 1. The summed E-state index contributed by atoms with van der Waals surface area (Å²) in [6.45, 7) is 3.81. The van der Waals surface area contributed by atoms with Gasteiger partial charge in [0.15, 0.2) is 5.75 Å². The fourth-order valence-electron chi connectivity index (χ4n) is 3.50. The molecule has 2 aromatic rings.